The molecule has 14 nitrogen and oxygen atoms in total. The van der Waals surface area contributed by atoms with Crippen molar-refractivity contribution in [3.63, 3.8) is 0 Å². The van der Waals surface area contributed by atoms with E-state index in [1.165, 1.54) is 0 Å². The van der Waals surface area contributed by atoms with Crippen LogP contribution in [0.15, 0.2) is 158 Å². The van der Waals surface area contributed by atoms with Crippen LogP contribution in [0.25, 0.3) is 0 Å². The largest absolute Gasteiger partial charge is 0.394 e. The molecule has 9 N–H and O–H groups in total. The summed E-state index contributed by atoms with van der Waals surface area (Å²) in [6, 6.07) is -0.935. The molecule has 0 aromatic heterocycles. The van der Waals surface area contributed by atoms with Gasteiger partial charge in [-0.15, -0.1) is 0 Å². The molecule has 2 aliphatic heterocycles. The minimum atomic E-state index is -1.80. The molecule has 0 radical (unpaired) electrons. The lowest BCUT2D eigenvalue weighted by Gasteiger charge is -2.46. The molecule has 2 heterocycles. The summed E-state index contributed by atoms with van der Waals surface area (Å²) in [6.07, 6.45) is 57.1. The Morgan fingerprint density at radius 1 is 0.474 bits per heavy atom. The smallest absolute Gasteiger partial charge is 0.220 e. The molecule has 2 rings (SSSR count). The molecule has 1 amide bonds. The highest BCUT2D eigenvalue weighted by atomic mass is 16.7. The summed E-state index contributed by atoms with van der Waals surface area (Å²) in [5.74, 6) is -0.285. The van der Waals surface area contributed by atoms with Gasteiger partial charge in [-0.25, -0.2) is 0 Å². The van der Waals surface area contributed by atoms with Crippen molar-refractivity contribution in [2.75, 3.05) is 19.8 Å². The van der Waals surface area contributed by atoms with Crippen molar-refractivity contribution in [1.29, 1.82) is 0 Å². The number of unbranched alkanes of at least 4 members (excludes halogenated alkanes) is 5. The molecule has 438 valence electrons. The van der Waals surface area contributed by atoms with Gasteiger partial charge < -0.3 is 65.1 Å². The fraction of sp³-hybridized carbons (Fsp3) is 0.578. The molecule has 12 unspecified atom stereocenters. The first kappa shape index (κ1) is 69.7. The number of hydrogen-bond donors (Lipinski definition) is 9. The number of aliphatic hydroxyl groups excluding tert-OH is 8. The van der Waals surface area contributed by atoms with Crippen molar-refractivity contribution < 1.29 is 64.6 Å². The Morgan fingerprint density at radius 3 is 1.32 bits per heavy atom. The Kier molecular flexibility index (Phi) is 42.4. The van der Waals surface area contributed by atoms with E-state index in [9.17, 15) is 45.6 Å². The third-order valence-corrected chi connectivity index (χ3v) is 12.7. The predicted octanol–water partition coefficient (Wildman–Crippen LogP) is 9.55. The summed E-state index contributed by atoms with van der Waals surface area (Å²) in [5, 5.41) is 85.9. The lowest BCUT2D eigenvalue weighted by molar-refractivity contribution is -0.359. The zero-order chi connectivity index (χ0) is 56.7. The molecule has 2 fully saturated rings. The highest BCUT2D eigenvalue weighted by Gasteiger charge is 2.51. The first-order chi connectivity index (χ1) is 38.1. The van der Waals surface area contributed by atoms with E-state index < -0.39 is 86.8 Å². The normalized spacial score (nSPS) is 25.8. The summed E-state index contributed by atoms with van der Waals surface area (Å²) in [6.45, 7) is 2.38. The fourth-order valence-corrected chi connectivity index (χ4v) is 8.10. The van der Waals surface area contributed by atoms with Crippen molar-refractivity contribution in [1.82, 2.24) is 5.32 Å². The molecule has 0 bridgehead atoms. The van der Waals surface area contributed by atoms with Gasteiger partial charge >= 0.3 is 0 Å². The van der Waals surface area contributed by atoms with Crippen LogP contribution in [-0.4, -0.2) is 140 Å². The third-order valence-electron chi connectivity index (χ3n) is 12.7. The van der Waals surface area contributed by atoms with Crippen molar-refractivity contribution >= 4 is 5.91 Å². The summed E-state index contributed by atoms with van der Waals surface area (Å²) >= 11 is 0. The van der Waals surface area contributed by atoms with Crippen molar-refractivity contribution in [3.05, 3.63) is 158 Å². The summed E-state index contributed by atoms with van der Waals surface area (Å²) in [4.78, 5) is 13.0. The van der Waals surface area contributed by atoms with Gasteiger partial charge in [0.1, 0.15) is 48.8 Å². The fourth-order valence-electron chi connectivity index (χ4n) is 8.10. The van der Waals surface area contributed by atoms with E-state index in [2.05, 4.69) is 158 Å². The Bertz CT molecular complexity index is 1910. The quantitative estimate of drug-likeness (QED) is 0.0205. The van der Waals surface area contributed by atoms with Crippen LogP contribution in [0.3, 0.4) is 0 Å². The summed E-state index contributed by atoms with van der Waals surface area (Å²) < 4.78 is 22.5. The number of rotatable bonds is 42. The predicted molar refractivity (Wildman–Crippen MR) is 313 cm³/mol. The molecule has 0 aromatic rings. The maximum atomic E-state index is 13.0. The molecule has 2 aliphatic rings. The first-order valence-corrected chi connectivity index (χ1v) is 28.7. The number of carbonyl (C=O) groups is 1. The molecular weight excluding hydrogens is 991 g/mol. The number of nitrogens with one attached hydrogen (secondary N) is 1. The maximum absolute atomic E-state index is 13.0. The Balaban J connectivity index is 1.54. The van der Waals surface area contributed by atoms with Crippen LogP contribution in [0, 0.1) is 0 Å². The number of amides is 1. The molecule has 2 saturated heterocycles. The number of carbonyl (C=O) groups excluding carboxylic acids is 1. The van der Waals surface area contributed by atoms with Crippen LogP contribution in [0.1, 0.15) is 142 Å². The number of ether oxygens (including phenoxy) is 4. The van der Waals surface area contributed by atoms with Gasteiger partial charge in [0.25, 0.3) is 0 Å². The average molecular weight is 1090 g/mol. The van der Waals surface area contributed by atoms with Crippen LogP contribution < -0.4 is 5.32 Å². The number of aliphatic hydroxyl groups is 8. The maximum Gasteiger partial charge on any atom is 0.220 e. The number of hydrogen-bond acceptors (Lipinski definition) is 13. The minimum absolute atomic E-state index is 0.237. The van der Waals surface area contributed by atoms with Crippen molar-refractivity contribution in [2.24, 2.45) is 0 Å². The Hall–Kier alpha value is -4.39. The molecule has 0 saturated carbocycles. The van der Waals surface area contributed by atoms with Gasteiger partial charge in [-0.2, -0.15) is 0 Å². The van der Waals surface area contributed by atoms with E-state index in [4.69, 9.17) is 18.9 Å². The molecule has 0 aromatic carbocycles. The second-order valence-electron chi connectivity index (χ2n) is 19.3. The van der Waals surface area contributed by atoms with Gasteiger partial charge in [0.2, 0.25) is 5.91 Å². The standard InChI is InChI=1S/C64H99NO13/c1-3-5-7-8-9-10-11-12-13-14-15-16-17-18-19-20-21-22-23-24-25-26-27-28-29-30-31-32-33-34-35-36-37-38-39-40-41-42-43-44-46-48-56(69)65-52(53(68)47-45-6-4-2)51-75-63-61(74)59(72)62(55(50-67)77-63)78-64-60(73)58(71)57(70)54(49-66)76-64/h5,7,9-10,12-13,15-16,18-19,21-22,24-25,27-28,30-31,33-34,36-37,39-40,45,47,52-55,57-64,66-68,70-74H,3-4,6,8,11,14,17,20,23,26,29,32,35,38,41-44,46,48-51H2,1-2H3,(H,65,69)/b7-5-,10-9-,13-12-,16-15-,19-18-,22-21-,25-24-,28-27-,31-30-,34-33-,37-36-,40-39-,47-45+. The van der Waals surface area contributed by atoms with E-state index in [0.717, 1.165) is 109 Å². The second-order valence-corrected chi connectivity index (χ2v) is 19.3. The van der Waals surface area contributed by atoms with E-state index in [1.807, 2.05) is 6.92 Å². The molecule has 0 aliphatic carbocycles. The van der Waals surface area contributed by atoms with Gasteiger partial charge in [-0.05, 0) is 103 Å². The van der Waals surface area contributed by atoms with Crippen LogP contribution in [0.4, 0.5) is 0 Å². The zero-order valence-corrected chi connectivity index (χ0v) is 46.8. The highest BCUT2D eigenvalue weighted by molar-refractivity contribution is 5.76. The van der Waals surface area contributed by atoms with Crippen LogP contribution >= 0.6 is 0 Å². The number of allylic oxidation sites excluding steroid dienone is 25. The lowest BCUT2D eigenvalue weighted by Crippen LogP contribution is -2.65. The second kappa shape index (κ2) is 47.4. The first-order valence-electron chi connectivity index (χ1n) is 28.7. The van der Waals surface area contributed by atoms with Crippen molar-refractivity contribution in [3.8, 4) is 0 Å². The van der Waals surface area contributed by atoms with Gasteiger partial charge in [0.05, 0.1) is 32.0 Å². The Labute approximate surface area is 467 Å². The highest BCUT2D eigenvalue weighted by Crippen LogP contribution is 2.30. The van der Waals surface area contributed by atoms with Crippen LogP contribution in [0.5, 0.6) is 0 Å². The SMILES string of the molecule is CC/C=C\C/C=C\C/C=C\C/C=C\C/C=C\C/C=C\C/C=C\C/C=C\C/C=C\C/C=C\C/C=C\C/C=C\CCCCCCC(=O)NC(COC1OC(CO)C(OC2OC(CO)C(O)C(O)C2O)C(O)C1O)C(O)/C=C/CCC. The van der Waals surface area contributed by atoms with Gasteiger partial charge in [0, 0.05) is 6.42 Å². The van der Waals surface area contributed by atoms with Gasteiger partial charge in [-0.1, -0.05) is 191 Å². The van der Waals surface area contributed by atoms with Crippen LogP contribution in [-0.2, 0) is 23.7 Å². The van der Waals surface area contributed by atoms with E-state index >= 15 is 0 Å². The molecular formula is C64H99NO13. The summed E-state index contributed by atoms with van der Waals surface area (Å²) in [7, 11) is 0. The lowest BCUT2D eigenvalue weighted by atomic mass is 9.97. The summed E-state index contributed by atoms with van der Waals surface area (Å²) in [5.41, 5.74) is 0. The monoisotopic (exact) mass is 1090 g/mol. The van der Waals surface area contributed by atoms with E-state index in [1.54, 1.807) is 12.2 Å². The van der Waals surface area contributed by atoms with Crippen molar-refractivity contribution in [2.45, 2.75) is 216 Å². The third kappa shape index (κ3) is 32.6. The molecule has 78 heavy (non-hydrogen) atoms. The van der Waals surface area contributed by atoms with E-state index in [0.29, 0.717) is 12.8 Å². The Morgan fingerprint density at radius 2 is 0.885 bits per heavy atom. The zero-order valence-electron chi connectivity index (χ0n) is 46.8. The molecule has 12 atom stereocenters. The average Bonchev–Trinajstić information content (AvgIpc) is 3.44. The van der Waals surface area contributed by atoms with Gasteiger partial charge in [-0.3, -0.25) is 4.79 Å². The van der Waals surface area contributed by atoms with E-state index in [-0.39, 0.29) is 18.9 Å². The van der Waals surface area contributed by atoms with Gasteiger partial charge in [0.15, 0.2) is 12.6 Å². The topological polar surface area (TPSA) is 228 Å². The minimum Gasteiger partial charge on any atom is -0.394 e. The molecule has 0 spiro atoms. The van der Waals surface area contributed by atoms with Crippen LogP contribution in [0.2, 0.25) is 0 Å². The molecule has 14 heteroatoms.